The maximum Gasteiger partial charge on any atom is 0.135 e. The van der Waals surface area contributed by atoms with E-state index >= 15 is 0 Å². The van der Waals surface area contributed by atoms with Crippen LogP contribution in [0.25, 0.3) is 0 Å². The minimum absolute atomic E-state index is 0. The fourth-order valence-electron chi connectivity index (χ4n) is 0.0309. The van der Waals surface area contributed by atoms with Crippen molar-refractivity contribution >= 4 is 17.3 Å². The highest BCUT2D eigenvalue weighted by Crippen LogP contribution is 1.60. The Morgan fingerprint density at radius 1 is 1.83 bits per heavy atom. The minimum Gasteiger partial charge on any atom is -0.412 e. The first-order valence-electron chi connectivity index (χ1n) is 1.11. The van der Waals surface area contributed by atoms with Crippen LogP contribution in [0.4, 0.5) is 0 Å². The third-order valence-corrected chi connectivity index (χ3v) is 0.289. The summed E-state index contributed by atoms with van der Waals surface area (Å²) in [7, 11) is 0. The molecule has 4 heteroatoms. The molecule has 0 aromatic heterocycles. The number of aliphatic imine (C=N–C) groups is 1. The van der Waals surface area contributed by atoms with Crippen LogP contribution in [0.3, 0.4) is 0 Å². The van der Waals surface area contributed by atoms with Crippen molar-refractivity contribution in [3.63, 3.8) is 0 Å². The van der Waals surface area contributed by atoms with E-state index < -0.39 is 0 Å². The number of hydrogen-bond acceptors (Lipinski definition) is 2. The number of aliphatic hydroxyl groups is 1. The van der Waals surface area contributed by atoms with Gasteiger partial charge in [0.05, 0.1) is 5.67 Å². The first-order valence-corrected chi connectivity index (χ1v) is 1.55. The Morgan fingerprint density at radius 3 is 2.33 bits per heavy atom. The topological polar surface area (TPSA) is 64.1 Å². The average Bonchev–Trinajstić information content (AvgIpc) is 1.41. The highest BCUT2D eigenvalue weighted by molar-refractivity contribution is 6.56. The normalized spacial score (nSPS) is 8.33. The molecule has 0 atom stereocenters. The zero-order valence-corrected chi connectivity index (χ0v) is 3.81. The molecule has 0 amide bonds. The summed E-state index contributed by atoms with van der Waals surface area (Å²) in [5.74, 6) is 0. The van der Waals surface area contributed by atoms with E-state index in [2.05, 4.69) is 4.99 Å². The van der Waals surface area contributed by atoms with Gasteiger partial charge >= 0.3 is 0 Å². The molecule has 0 fully saturated rings. The Kier molecular flexibility index (Phi) is 13.7. The van der Waals surface area contributed by atoms with Gasteiger partial charge in [-0.15, -0.1) is 0 Å². The predicted octanol–water partition coefficient (Wildman–Crippen LogP) is -0.621. The number of nitrogens with zero attached hydrogens (tertiary/aromatic N) is 1. The largest absolute Gasteiger partial charge is 0.412 e. The summed E-state index contributed by atoms with van der Waals surface area (Å²) in [6.45, 7) is -0.219. The first-order chi connectivity index (χ1) is 2.41. The molecule has 0 unspecified atom stereocenters. The van der Waals surface area contributed by atoms with Crippen molar-refractivity contribution in [3.8, 4) is 0 Å². The molecule has 0 aliphatic heterocycles. The maximum absolute atomic E-state index is 7.78. The Balaban J connectivity index is 0. The second kappa shape index (κ2) is 8.86. The second-order valence-corrected chi connectivity index (χ2v) is 0.617. The van der Waals surface area contributed by atoms with Gasteiger partial charge in [0.1, 0.15) is 6.73 Å². The van der Waals surface area contributed by atoms with E-state index in [4.69, 9.17) is 16.7 Å². The Hall–Kier alpha value is -0.120. The van der Waals surface area contributed by atoms with Gasteiger partial charge in [0.15, 0.2) is 0 Å². The van der Waals surface area contributed by atoms with E-state index in [1.54, 1.807) is 0 Å². The molecule has 0 aliphatic rings. The molecular formula is C2H6ClNO2. The Bertz CT molecular complexity index is 38.5. The molecule has 0 radical (unpaired) electrons. The zero-order valence-electron chi connectivity index (χ0n) is 3.06. The molecular weight excluding hydrogens is 105 g/mol. The van der Waals surface area contributed by atoms with Gasteiger partial charge in [0.25, 0.3) is 0 Å². The molecule has 0 saturated heterocycles. The highest BCUT2D eigenvalue weighted by atomic mass is 35.5. The Labute approximate surface area is 40.6 Å². The summed E-state index contributed by atoms with van der Waals surface area (Å²) in [5.41, 5.74) is 1.03. The standard InChI is InChI=1S/C2H4ClNO.H2O/c3-1-4-2-5;/h1,5H,2H2;1H2. The summed E-state index contributed by atoms with van der Waals surface area (Å²) < 4.78 is 0. The third kappa shape index (κ3) is 9.11. The van der Waals surface area contributed by atoms with Crippen LogP contribution in [-0.4, -0.2) is 23.0 Å². The molecule has 38 valence electrons. The van der Waals surface area contributed by atoms with Gasteiger partial charge < -0.3 is 10.6 Å². The summed E-state index contributed by atoms with van der Waals surface area (Å²) >= 11 is 4.85. The number of halogens is 1. The van der Waals surface area contributed by atoms with E-state index in [1.165, 1.54) is 0 Å². The molecule has 0 aliphatic carbocycles. The van der Waals surface area contributed by atoms with Crippen LogP contribution >= 0.6 is 11.6 Å². The summed E-state index contributed by atoms with van der Waals surface area (Å²) in [6, 6.07) is 0. The van der Waals surface area contributed by atoms with Crippen molar-refractivity contribution in [3.05, 3.63) is 0 Å². The van der Waals surface area contributed by atoms with Gasteiger partial charge in [0.2, 0.25) is 0 Å². The highest BCUT2D eigenvalue weighted by Gasteiger charge is 1.53. The number of aliphatic hydroxyl groups excluding tert-OH is 1. The zero-order chi connectivity index (χ0) is 4.12. The maximum atomic E-state index is 7.78. The van der Waals surface area contributed by atoms with Crippen LogP contribution < -0.4 is 0 Å². The molecule has 0 aromatic carbocycles. The van der Waals surface area contributed by atoms with E-state index in [-0.39, 0.29) is 12.2 Å². The van der Waals surface area contributed by atoms with Crippen LogP contribution in [0.1, 0.15) is 0 Å². The van der Waals surface area contributed by atoms with E-state index in [0.717, 1.165) is 5.67 Å². The predicted molar refractivity (Wildman–Crippen MR) is 25.0 cm³/mol. The lowest BCUT2D eigenvalue weighted by Crippen LogP contribution is -1.67. The first kappa shape index (κ1) is 9.30. The molecule has 0 saturated carbocycles. The molecule has 0 spiro atoms. The number of rotatable bonds is 1. The Morgan fingerprint density at radius 2 is 2.33 bits per heavy atom. The van der Waals surface area contributed by atoms with Crippen molar-refractivity contribution in [2.75, 3.05) is 6.73 Å². The molecule has 0 bridgehead atoms. The van der Waals surface area contributed by atoms with Crippen molar-refractivity contribution < 1.29 is 10.6 Å². The van der Waals surface area contributed by atoms with Gasteiger partial charge in [-0.25, -0.2) is 0 Å². The summed E-state index contributed by atoms with van der Waals surface area (Å²) in [4.78, 5) is 3.17. The monoisotopic (exact) mass is 111 g/mol. The molecule has 3 nitrogen and oxygen atoms in total. The van der Waals surface area contributed by atoms with E-state index in [9.17, 15) is 0 Å². The van der Waals surface area contributed by atoms with Crippen molar-refractivity contribution in [2.45, 2.75) is 0 Å². The lowest BCUT2D eigenvalue weighted by Gasteiger charge is -1.67. The van der Waals surface area contributed by atoms with Gasteiger partial charge in [-0.1, -0.05) is 11.6 Å². The smallest absolute Gasteiger partial charge is 0.135 e. The van der Waals surface area contributed by atoms with Crippen LogP contribution in [0.5, 0.6) is 0 Å². The molecule has 3 N–H and O–H groups in total. The van der Waals surface area contributed by atoms with E-state index in [0.29, 0.717) is 0 Å². The lowest BCUT2D eigenvalue weighted by atomic mass is 11.3. The SMILES string of the molecule is O.OCN=CCl. The van der Waals surface area contributed by atoms with Crippen LogP contribution in [0, 0.1) is 0 Å². The fraction of sp³-hybridized carbons (Fsp3) is 0.500. The van der Waals surface area contributed by atoms with Crippen LogP contribution in [-0.2, 0) is 0 Å². The molecule has 0 aromatic rings. The van der Waals surface area contributed by atoms with Crippen molar-refractivity contribution in [2.24, 2.45) is 4.99 Å². The number of hydrogen-bond donors (Lipinski definition) is 1. The van der Waals surface area contributed by atoms with Gasteiger partial charge in [-0.2, -0.15) is 0 Å². The second-order valence-electron chi connectivity index (χ2n) is 0.422. The summed E-state index contributed by atoms with van der Waals surface area (Å²) in [5, 5.41) is 7.78. The molecule has 6 heavy (non-hydrogen) atoms. The fourth-order valence-corrected chi connectivity index (χ4v) is 0.0926. The van der Waals surface area contributed by atoms with Gasteiger partial charge in [-0.05, 0) is 0 Å². The summed E-state index contributed by atoms with van der Waals surface area (Å²) in [6.07, 6.45) is 0. The van der Waals surface area contributed by atoms with Crippen LogP contribution in [0.2, 0.25) is 0 Å². The van der Waals surface area contributed by atoms with Gasteiger partial charge in [-0.3, -0.25) is 4.99 Å². The average molecular weight is 112 g/mol. The minimum atomic E-state index is -0.219. The lowest BCUT2D eigenvalue weighted by molar-refractivity contribution is 0.310. The van der Waals surface area contributed by atoms with Crippen LogP contribution in [0.15, 0.2) is 4.99 Å². The van der Waals surface area contributed by atoms with Crippen molar-refractivity contribution in [1.29, 1.82) is 0 Å². The van der Waals surface area contributed by atoms with Gasteiger partial charge in [0, 0.05) is 0 Å². The third-order valence-electron chi connectivity index (χ3n) is 0.151. The molecule has 0 heterocycles. The quantitative estimate of drug-likeness (QED) is 0.451. The van der Waals surface area contributed by atoms with E-state index in [1.807, 2.05) is 0 Å². The molecule has 0 rings (SSSR count). The van der Waals surface area contributed by atoms with Crippen molar-refractivity contribution in [1.82, 2.24) is 0 Å².